The number of aromatic nitrogens is 3. The third kappa shape index (κ3) is 5.36. The second-order valence-electron chi connectivity index (χ2n) is 10.7. The van der Waals surface area contributed by atoms with Crippen LogP contribution in [0.15, 0.2) is 66.8 Å². The molecule has 10 nitrogen and oxygen atoms in total. The van der Waals surface area contributed by atoms with Crippen molar-refractivity contribution in [1.82, 2.24) is 24.3 Å². The van der Waals surface area contributed by atoms with Gasteiger partial charge < -0.3 is 29.8 Å². The van der Waals surface area contributed by atoms with Gasteiger partial charge in [-0.05, 0) is 31.1 Å². The summed E-state index contributed by atoms with van der Waals surface area (Å²) in [4.78, 5) is 26.3. The van der Waals surface area contributed by atoms with Gasteiger partial charge in [-0.1, -0.05) is 30.1 Å². The van der Waals surface area contributed by atoms with Crippen LogP contribution in [0.2, 0.25) is 0 Å². The van der Waals surface area contributed by atoms with Crippen molar-refractivity contribution >= 4 is 22.8 Å². The van der Waals surface area contributed by atoms with E-state index in [1.807, 2.05) is 41.5 Å². The summed E-state index contributed by atoms with van der Waals surface area (Å²) >= 11 is 0. The first-order valence-corrected chi connectivity index (χ1v) is 14.1. The van der Waals surface area contributed by atoms with Crippen LogP contribution in [-0.4, -0.2) is 81.9 Å². The number of allylic oxidation sites excluding steroid dienone is 4. The quantitative estimate of drug-likeness (QED) is 0.346. The maximum absolute atomic E-state index is 13.4. The molecule has 2 unspecified atom stereocenters. The number of hydrogen-bond acceptors (Lipinski definition) is 8. The van der Waals surface area contributed by atoms with Crippen LogP contribution in [0.4, 0.5) is 5.82 Å². The number of hydrogen-bond donors (Lipinski definition) is 2. The number of anilines is 1. The Bertz CT molecular complexity index is 1640. The topological polar surface area (TPSA) is 119 Å². The van der Waals surface area contributed by atoms with Gasteiger partial charge >= 0.3 is 0 Å². The monoisotopic (exact) mass is 566 g/mol. The second kappa shape index (κ2) is 11.7. The Balaban J connectivity index is 1.32. The molecule has 42 heavy (non-hydrogen) atoms. The number of aliphatic hydroxyl groups is 1. The van der Waals surface area contributed by atoms with E-state index < -0.39 is 0 Å². The second-order valence-corrected chi connectivity index (χ2v) is 10.7. The largest absolute Gasteiger partial charge is 0.497 e. The van der Waals surface area contributed by atoms with Crippen molar-refractivity contribution in [2.75, 3.05) is 46.1 Å². The Labute approximate surface area is 244 Å². The molecule has 4 heterocycles. The summed E-state index contributed by atoms with van der Waals surface area (Å²) < 4.78 is 12.9. The summed E-state index contributed by atoms with van der Waals surface area (Å²) in [6, 6.07) is 5.43. The number of amides is 1. The number of carbonyl (C=O) groups excluding carboxylic acids is 1. The van der Waals surface area contributed by atoms with E-state index in [9.17, 15) is 9.90 Å². The SMILES string of the molecule is COc1cc(C#Cc2cn(C3CN(C(=O)C=CCN4CC[C@H](O)C4)C4=CC=CCC43)c3ncnc(N)c23)cc(OC)c1. The summed E-state index contributed by atoms with van der Waals surface area (Å²) in [6.45, 7) is 2.62. The average molecular weight is 567 g/mol. The number of nitrogens with zero attached hydrogens (tertiary/aromatic N) is 5. The fourth-order valence-electron chi connectivity index (χ4n) is 6.04. The van der Waals surface area contributed by atoms with Gasteiger partial charge in [-0.2, -0.15) is 0 Å². The number of fused-ring (bicyclic) bond motifs is 2. The van der Waals surface area contributed by atoms with Gasteiger partial charge in [0.25, 0.3) is 5.91 Å². The van der Waals surface area contributed by atoms with Gasteiger partial charge in [-0.15, -0.1) is 0 Å². The van der Waals surface area contributed by atoms with Crippen LogP contribution < -0.4 is 15.2 Å². The molecular formula is C32H34N6O4. The van der Waals surface area contributed by atoms with E-state index in [0.29, 0.717) is 53.5 Å². The lowest BCUT2D eigenvalue weighted by molar-refractivity contribution is -0.123. The van der Waals surface area contributed by atoms with Crippen LogP contribution in [0.25, 0.3) is 11.0 Å². The van der Waals surface area contributed by atoms with E-state index in [0.717, 1.165) is 30.6 Å². The maximum atomic E-state index is 13.4. The first-order chi connectivity index (χ1) is 20.4. The van der Waals surface area contributed by atoms with E-state index in [1.54, 1.807) is 26.4 Å². The Hall–Kier alpha value is -4.59. The Kier molecular flexibility index (Phi) is 7.69. The van der Waals surface area contributed by atoms with Crippen molar-refractivity contribution in [3.63, 3.8) is 0 Å². The Morgan fingerprint density at radius 3 is 2.71 bits per heavy atom. The molecule has 2 fully saturated rings. The first-order valence-electron chi connectivity index (χ1n) is 14.1. The number of β-amino-alcohol motifs (C(OH)–C–C–N with tert-alkyl or cyclic N) is 1. The number of aliphatic hydroxyl groups excluding tert-OH is 1. The highest BCUT2D eigenvalue weighted by Crippen LogP contribution is 2.43. The molecule has 216 valence electrons. The summed E-state index contributed by atoms with van der Waals surface area (Å²) in [5.41, 5.74) is 9.49. The van der Waals surface area contributed by atoms with Crippen molar-refractivity contribution in [2.45, 2.75) is 25.0 Å². The molecule has 6 rings (SSSR count). The smallest absolute Gasteiger partial charge is 0.250 e. The molecule has 2 saturated heterocycles. The lowest BCUT2D eigenvalue weighted by atomic mass is 9.93. The number of rotatable bonds is 6. The number of benzene rings is 1. The van der Waals surface area contributed by atoms with Crippen molar-refractivity contribution in [2.24, 2.45) is 5.92 Å². The third-order valence-electron chi connectivity index (χ3n) is 8.15. The molecule has 3 aliphatic rings. The van der Waals surface area contributed by atoms with Crippen LogP contribution in [0, 0.1) is 17.8 Å². The third-order valence-corrected chi connectivity index (χ3v) is 8.15. The van der Waals surface area contributed by atoms with Crippen LogP contribution in [-0.2, 0) is 4.79 Å². The molecular weight excluding hydrogens is 532 g/mol. The molecule has 0 spiro atoms. The summed E-state index contributed by atoms with van der Waals surface area (Å²) in [5, 5.41) is 10.5. The maximum Gasteiger partial charge on any atom is 0.250 e. The van der Waals surface area contributed by atoms with Crippen molar-refractivity contribution in [1.29, 1.82) is 0 Å². The molecule has 0 radical (unpaired) electrons. The van der Waals surface area contributed by atoms with Crippen LogP contribution >= 0.6 is 0 Å². The highest BCUT2D eigenvalue weighted by molar-refractivity contribution is 5.93. The molecule has 1 aromatic carbocycles. The molecule has 2 aliphatic heterocycles. The first kappa shape index (κ1) is 27.6. The zero-order valence-corrected chi connectivity index (χ0v) is 23.7. The summed E-state index contributed by atoms with van der Waals surface area (Å²) in [5.74, 6) is 8.18. The molecule has 1 amide bonds. The molecule has 2 aromatic heterocycles. The molecule has 0 saturated carbocycles. The van der Waals surface area contributed by atoms with Crippen molar-refractivity contribution in [3.8, 4) is 23.3 Å². The highest BCUT2D eigenvalue weighted by Gasteiger charge is 2.41. The van der Waals surface area contributed by atoms with Crippen molar-refractivity contribution in [3.05, 3.63) is 77.9 Å². The number of ether oxygens (including phenoxy) is 2. The van der Waals surface area contributed by atoms with E-state index in [1.165, 1.54) is 6.33 Å². The van der Waals surface area contributed by atoms with Crippen LogP contribution in [0.3, 0.4) is 0 Å². The minimum Gasteiger partial charge on any atom is -0.497 e. The predicted octanol–water partition coefficient (Wildman–Crippen LogP) is 2.90. The Morgan fingerprint density at radius 1 is 1.17 bits per heavy atom. The summed E-state index contributed by atoms with van der Waals surface area (Å²) in [7, 11) is 3.20. The van der Waals surface area contributed by atoms with Gasteiger partial charge in [0.05, 0.1) is 37.3 Å². The van der Waals surface area contributed by atoms with Gasteiger partial charge in [-0.3, -0.25) is 9.69 Å². The number of nitrogen functional groups attached to an aromatic ring is 1. The van der Waals surface area contributed by atoms with Crippen molar-refractivity contribution < 1.29 is 19.4 Å². The van der Waals surface area contributed by atoms with E-state index in [2.05, 4.69) is 37.4 Å². The predicted molar refractivity (Wildman–Crippen MR) is 160 cm³/mol. The fraction of sp³-hybridized carbons (Fsp3) is 0.344. The Morgan fingerprint density at radius 2 is 1.98 bits per heavy atom. The minimum atomic E-state index is -0.282. The fourth-order valence-corrected chi connectivity index (χ4v) is 6.04. The zero-order valence-electron chi connectivity index (χ0n) is 23.7. The molecule has 10 heteroatoms. The van der Waals surface area contributed by atoms with Gasteiger partial charge in [0.2, 0.25) is 0 Å². The number of nitrogens with two attached hydrogens (primary N) is 1. The van der Waals surface area contributed by atoms with Crippen LogP contribution in [0.1, 0.15) is 30.0 Å². The average Bonchev–Trinajstić information content (AvgIpc) is 3.71. The molecule has 3 atom stereocenters. The van der Waals surface area contributed by atoms with E-state index in [-0.39, 0.29) is 24.0 Å². The van der Waals surface area contributed by atoms with Gasteiger partial charge in [0.15, 0.2) is 0 Å². The van der Waals surface area contributed by atoms with Gasteiger partial charge in [-0.25, -0.2) is 9.97 Å². The zero-order chi connectivity index (χ0) is 29.2. The minimum absolute atomic E-state index is 0.0543. The van der Waals surface area contributed by atoms with E-state index >= 15 is 0 Å². The molecule has 3 aromatic rings. The van der Waals surface area contributed by atoms with E-state index in [4.69, 9.17) is 15.2 Å². The normalized spacial score (nSPS) is 21.8. The van der Waals surface area contributed by atoms with Crippen LogP contribution in [0.5, 0.6) is 11.5 Å². The molecule has 3 N–H and O–H groups in total. The molecule has 1 aliphatic carbocycles. The number of methoxy groups -OCH3 is 2. The highest BCUT2D eigenvalue weighted by atomic mass is 16.5. The standard InChI is InChI=1S/C32H34N6O4/c1-41-24-14-21(15-25(16-24)42-2)9-10-22-17-38(32-30(22)31(33)34-20-35-32)28-19-37(27-7-4-3-6-26(27)28)29(40)8-5-12-36-13-11-23(39)18-36/h3-5,7-8,14-17,20,23,26,28,39H,6,11-13,18-19H2,1-2H3,(H2,33,34,35)/t23-,26?,28?/m0/s1. The van der Waals surface area contributed by atoms with Gasteiger partial charge in [0.1, 0.15) is 29.3 Å². The summed E-state index contributed by atoms with van der Waals surface area (Å²) in [6.07, 6.45) is 14.5. The number of likely N-dealkylation sites (tertiary alicyclic amines) is 2. The van der Waals surface area contributed by atoms with Gasteiger partial charge in [0, 0.05) is 61.7 Å². The lowest BCUT2D eigenvalue weighted by Gasteiger charge is -2.22. The number of carbonyl (C=O) groups is 1. The molecule has 0 bridgehead atoms. The lowest BCUT2D eigenvalue weighted by Crippen LogP contribution is -2.27.